The minimum absolute atomic E-state index is 0. The minimum Gasteiger partial charge on any atom is -0.375 e. The molecule has 0 atom stereocenters. The van der Waals surface area contributed by atoms with E-state index in [0.29, 0.717) is 0 Å². The molecule has 1 aliphatic heterocycles. The molecule has 1 rings (SSSR count). The Morgan fingerprint density at radius 2 is 1.62 bits per heavy atom. The second-order valence-corrected chi connectivity index (χ2v) is 1.56. The number of rotatable bonds is 0. The molecule has 0 aliphatic carbocycles. The molecule has 0 unspecified atom stereocenters. The molecule has 0 spiro atoms. The van der Waals surface area contributed by atoms with E-state index in [9.17, 15) is 0 Å². The number of hydrogen-bond acceptors (Lipinski definition) is 1. The Kier molecular flexibility index (Phi) is 11.9. The van der Waals surface area contributed by atoms with Crippen LogP contribution in [0.3, 0.4) is 0 Å². The first-order valence-corrected chi connectivity index (χ1v) is 2.62. The largest absolute Gasteiger partial charge is 0.375 e. The molecule has 2 heteroatoms. The summed E-state index contributed by atoms with van der Waals surface area (Å²) in [5.41, 5.74) is 0. The first kappa shape index (κ1) is 11.8. The third-order valence-corrected chi connectivity index (χ3v) is 0.854. The summed E-state index contributed by atoms with van der Waals surface area (Å²) >= 11 is 0. The molecule has 1 N–H and O–H groups in total. The van der Waals surface area contributed by atoms with Gasteiger partial charge >= 0.3 is 0 Å². The maximum atomic E-state index is 3.25. The summed E-state index contributed by atoms with van der Waals surface area (Å²) < 4.78 is 0. The zero-order valence-electron chi connectivity index (χ0n) is 5.70. The van der Waals surface area contributed by atoms with Crippen molar-refractivity contribution in [2.45, 2.75) is 13.8 Å². The predicted octanol–water partition coefficient (Wildman–Crippen LogP) is 1.02. The van der Waals surface area contributed by atoms with Gasteiger partial charge in [-0.25, -0.2) is 0 Å². The van der Waals surface area contributed by atoms with Crippen LogP contribution < -0.4 is 5.32 Å². The Bertz CT molecular complexity index is 35.5. The Morgan fingerprint density at radius 3 is 1.62 bits per heavy atom. The Labute approximate surface area is 77.5 Å². The maximum absolute atomic E-state index is 3.25. The smallest absolute Gasteiger partial charge is 0 e. The van der Waals surface area contributed by atoms with Crippen molar-refractivity contribution in [2.24, 2.45) is 0 Å². The Hall–Kier alpha value is 1.06. The fourth-order valence-electron chi connectivity index (χ4n) is 0.375. The van der Waals surface area contributed by atoms with Crippen LogP contribution in [0, 0.1) is 12.8 Å². The van der Waals surface area contributed by atoms with E-state index in [0.717, 1.165) is 13.1 Å². The van der Waals surface area contributed by atoms with Gasteiger partial charge in [0.15, 0.2) is 0 Å². The van der Waals surface area contributed by atoms with E-state index in [2.05, 4.69) is 19.2 Å². The van der Waals surface area contributed by atoms with Gasteiger partial charge in [0.25, 0.3) is 0 Å². The van der Waals surface area contributed by atoms with Crippen molar-refractivity contribution >= 4 is 0 Å². The summed E-state index contributed by atoms with van der Waals surface area (Å²) in [5.74, 6) is 1.57. The minimum atomic E-state index is 0. The van der Waals surface area contributed by atoms with Crippen LogP contribution in [-0.2, 0) is 32.7 Å². The van der Waals surface area contributed by atoms with E-state index in [4.69, 9.17) is 0 Å². The molecule has 0 aromatic carbocycles. The summed E-state index contributed by atoms with van der Waals surface area (Å²) in [6.07, 6.45) is 0. The van der Waals surface area contributed by atoms with Crippen molar-refractivity contribution in [1.82, 2.24) is 5.32 Å². The molecule has 0 saturated carbocycles. The van der Waals surface area contributed by atoms with Crippen LogP contribution in [0.1, 0.15) is 13.8 Å². The van der Waals surface area contributed by atoms with Gasteiger partial charge in [0, 0.05) is 32.7 Å². The van der Waals surface area contributed by atoms with Crippen LogP contribution in [0.5, 0.6) is 0 Å². The quantitative estimate of drug-likeness (QED) is 0.559. The number of hydrogen-bond donors (Lipinski definition) is 1. The van der Waals surface area contributed by atoms with Crippen LogP contribution in [0.4, 0.5) is 0 Å². The Balaban J connectivity index is 0. The molecule has 0 bridgehead atoms. The van der Waals surface area contributed by atoms with E-state index in [1.54, 1.807) is 12.8 Å². The van der Waals surface area contributed by atoms with Crippen LogP contribution in [0.15, 0.2) is 0 Å². The Morgan fingerprint density at radius 1 is 1.38 bits per heavy atom. The molecule has 1 radical (unpaired) electrons. The van der Waals surface area contributed by atoms with Gasteiger partial charge in [-0.2, -0.15) is 13.8 Å². The van der Waals surface area contributed by atoms with Crippen LogP contribution in [0.2, 0.25) is 0 Å². The van der Waals surface area contributed by atoms with Gasteiger partial charge in [0.1, 0.15) is 0 Å². The molecule has 1 saturated heterocycles. The molecule has 47 valence electrons. The standard InChI is InChI=1S/C4H8N.C2H5.Y/c1-4-2-5-3-4;1-2;/h5H,2-3H2,1H3;1H2,2H3;/q2*-1;. The zero-order chi connectivity index (χ0) is 5.70. The first-order valence-electron chi connectivity index (χ1n) is 2.62. The molecular weight excluding hydrogens is 175 g/mol. The van der Waals surface area contributed by atoms with Gasteiger partial charge in [0.05, 0.1) is 0 Å². The van der Waals surface area contributed by atoms with E-state index in [1.165, 1.54) is 0 Å². The van der Waals surface area contributed by atoms with E-state index < -0.39 is 0 Å². The fraction of sp³-hybridized carbons (Fsp3) is 0.667. The average Bonchev–Trinajstić information content (AvgIpc) is 1.68. The molecular formula is C6H13NY-2. The van der Waals surface area contributed by atoms with Crippen molar-refractivity contribution in [3.8, 4) is 0 Å². The molecule has 1 fully saturated rings. The molecule has 8 heavy (non-hydrogen) atoms. The van der Waals surface area contributed by atoms with Crippen molar-refractivity contribution in [1.29, 1.82) is 0 Å². The molecule has 0 aromatic heterocycles. The fourth-order valence-corrected chi connectivity index (χ4v) is 0.375. The summed E-state index contributed by atoms with van der Waals surface area (Å²) in [5, 5.41) is 3.12. The van der Waals surface area contributed by atoms with Crippen molar-refractivity contribution in [2.75, 3.05) is 13.1 Å². The van der Waals surface area contributed by atoms with Gasteiger partial charge in [0.2, 0.25) is 0 Å². The normalized spacial score (nSPS) is 16.9. The van der Waals surface area contributed by atoms with Gasteiger partial charge in [-0.05, 0) is 0 Å². The van der Waals surface area contributed by atoms with E-state index >= 15 is 0 Å². The maximum Gasteiger partial charge on any atom is 0 e. The van der Waals surface area contributed by atoms with Crippen LogP contribution >= 0.6 is 0 Å². The van der Waals surface area contributed by atoms with Crippen LogP contribution in [-0.4, -0.2) is 13.1 Å². The van der Waals surface area contributed by atoms with Crippen LogP contribution in [0.25, 0.3) is 0 Å². The molecule has 0 aromatic rings. The molecule has 0 amide bonds. The molecule has 1 nitrogen and oxygen atoms in total. The molecule has 1 heterocycles. The van der Waals surface area contributed by atoms with Gasteiger partial charge in [-0.3, -0.25) is 5.92 Å². The van der Waals surface area contributed by atoms with Crippen molar-refractivity contribution in [3.63, 3.8) is 0 Å². The summed E-state index contributed by atoms with van der Waals surface area (Å²) in [7, 11) is 0. The zero-order valence-corrected chi connectivity index (χ0v) is 8.54. The van der Waals surface area contributed by atoms with Gasteiger partial charge < -0.3 is 12.2 Å². The van der Waals surface area contributed by atoms with Gasteiger partial charge in [-0.1, -0.05) is 0 Å². The molecule has 1 aliphatic rings. The summed E-state index contributed by atoms with van der Waals surface area (Å²) in [6, 6.07) is 0. The van der Waals surface area contributed by atoms with Crippen molar-refractivity contribution in [3.05, 3.63) is 12.8 Å². The monoisotopic (exact) mass is 188 g/mol. The SMILES string of the molecule is C[C-]1CNC1.[CH2-]C.[Y]. The van der Waals surface area contributed by atoms with E-state index in [-0.39, 0.29) is 32.7 Å². The van der Waals surface area contributed by atoms with E-state index in [1.807, 2.05) is 0 Å². The van der Waals surface area contributed by atoms with Crippen molar-refractivity contribution < 1.29 is 32.7 Å². The second kappa shape index (κ2) is 8.06. The third kappa shape index (κ3) is 5.21. The predicted molar refractivity (Wildman–Crippen MR) is 32.8 cm³/mol. The third-order valence-electron chi connectivity index (χ3n) is 0.854. The summed E-state index contributed by atoms with van der Waals surface area (Å²) in [6.45, 7) is 9.47. The number of nitrogens with one attached hydrogen (secondary N) is 1. The first-order chi connectivity index (χ1) is 3.39. The average molecular weight is 188 g/mol. The summed E-state index contributed by atoms with van der Waals surface area (Å²) in [4.78, 5) is 0. The topological polar surface area (TPSA) is 12.0 Å². The van der Waals surface area contributed by atoms with Gasteiger partial charge in [-0.15, -0.1) is 13.1 Å². The second-order valence-electron chi connectivity index (χ2n) is 1.56.